The van der Waals surface area contributed by atoms with Crippen LogP contribution in [0.4, 0.5) is 0 Å². The largest absolute Gasteiger partial charge is 0.478 e. The molecule has 23 heteroatoms. The Hall–Kier alpha value is -6.60. The zero-order chi connectivity index (χ0) is 54.6. The van der Waals surface area contributed by atoms with Gasteiger partial charge in [0.1, 0.15) is 0 Å². The van der Waals surface area contributed by atoms with Crippen LogP contribution >= 0.6 is 0 Å². The summed E-state index contributed by atoms with van der Waals surface area (Å²) >= 11 is 0. The Morgan fingerprint density at radius 2 is 0.369 bits per heavy atom. The molecule has 0 spiro atoms. The van der Waals surface area contributed by atoms with Gasteiger partial charge in [-0.2, -0.15) is 0 Å². The minimum Gasteiger partial charge on any atom is -0.478 e. The van der Waals surface area contributed by atoms with Crippen molar-refractivity contribution < 1.29 is 115 Å². The van der Waals surface area contributed by atoms with Crippen LogP contribution in [0.25, 0.3) is 0 Å². The van der Waals surface area contributed by atoms with Crippen LogP contribution in [0, 0.1) is 10.8 Å². The van der Waals surface area contributed by atoms with E-state index >= 15 is 0 Å². The third kappa shape index (κ3) is 66.7. The first kappa shape index (κ1) is 78.8. The lowest BCUT2D eigenvalue weighted by molar-refractivity contribution is -0.133. The van der Waals surface area contributed by atoms with E-state index in [4.69, 9.17) is 76.2 Å². The van der Waals surface area contributed by atoms with Crippen LogP contribution in [0.2, 0.25) is 0 Å². The van der Waals surface area contributed by atoms with Crippen molar-refractivity contribution in [3.63, 3.8) is 0 Å². The van der Waals surface area contributed by atoms with Gasteiger partial charge in [-0.3, -0.25) is 0 Å². The Bertz CT molecular complexity index is 1170. The second-order valence-electron chi connectivity index (χ2n) is 13.1. The summed E-state index contributed by atoms with van der Waals surface area (Å²) in [5, 5.41) is 117. The summed E-state index contributed by atoms with van der Waals surface area (Å²) in [6.45, 7) is 33.8. The van der Waals surface area contributed by atoms with Gasteiger partial charge in [-0.25, -0.2) is 38.4 Å². The van der Waals surface area contributed by atoms with Gasteiger partial charge in [0.05, 0.1) is 63.7 Å². The number of aliphatic carboxylic acids is 8. The van der Waals surface area contributed by atoms with Crippen molar-refractivity contribution in [3.05, 3.63) is 97.2 Å². The highest BCUT2D eigenvalue weighted by Crippen LogP contribution is 2.19. The minimum atomic E-state index is -1.16. The Labute approximate surface area is 378 Å². The Morgan fingerprint density at radius 3 is 0.415 bits per heavy atom. The predicted octanol–water partition coefficient (Wildman–Crippen LogP) is 2.11. The van der Waals surface area contributed by atoms with Gasteiger partial charge in [0.25, 0.3) is 0 Å². The van der Waals surface area contributed by atoms with E-state index in [-0.39, 0.29) is 57.8 Å². The fourth-order valence-electron chi connectivity index (χ4n) is 1.06. The van der Waals surface area contributed by atoms with Crippen molar-refractivity contribution in [1.82, 2.24) is 0 Å². The van der Waals surface area contributed by atoms with Crippen LogP contribution in [0.3, 0.4) is 0 Å². The molecule has 0 radical (unpaired) electrons. The highest BCUT2D eigenvalue weighted by Gasteiger charge is 2.32. The summed E-state index contributed by atoms with van der Waals surface area (Å²) in [6, 6.07) is 0. The Kier molecular flexibility index (Phi) is 56.9. The minimum absolute atomic E-state index is 0.141. The van der Waals surface area contributed by atoms with Gasteiger partial charge in [0.2, 0.25) is 0 Å². The Morgan fingerprint density at radius 1 is 0.292 bits per heavy atom. The van der Waals surface area contributed by atoms with Gasteiger partial charge in [0, 0.05) is 44.6 Å². The van der Waals surface area contributed by atoms with Crippen LogP contribution in [0.1, 0.15) is 55.4 Å². The highest BCUT2D eigenvalue weighted by atomic mass is 16.5. The van der Waals surface area contributed by atoms with E-state index in [2.05, 4.69) is 52.6 Å². The number of rotatable bonds is 18. The number of hydrogen-bond donors (Lipinski definition) is 14. The quantitative estimate of drug-likeness (QED) is 0.0875. The predicted molar refractivity (Wildman–Crippen MR) is 238 cm³/mol. The van der Waals surface area contributed by atoms with Crippen LogP contribution in [-0.4, -0.2) is 172 Å². The fraction of sp³-hybridized carbons (Fsp3) is 0.429. The molecular formula is C42H70O23. The maximum absolute atomic E-state index is 9.60. The van der Waals surface area contributed by atoms with E-state index in [0.717, 1.165) is 0 Å². The first-order valence-corrected chi connectivity index (χ1v) is 17.6. The third-order valence-electron chi connectivity index (χ3n) is 5.75. The number of hydrogen-bond acceptors (Lipinski definition) is 15. The van der Waals surface area contributed by atoms with E-state index in [1.807, 2.05) is 0 Å². The van der Waals surface area contributed by atoms with E-state index < -0.39 is 98.2 Å². The molecule has 0 fully saturated rings. The van der Waals surface area contributed by atoms with E-state index in [1.54, 1.807) is 0 Å². The molecule has 0 amide bonds. The maximum atomic E-state index is 9.60. The average molecular weight is 943 g/mol. The topological polar surface area (TPSA) is 429 Å². The number of carboxylic acid groups (broad SMARTS) is 8. The molecule has 0 aromatic heterocycles. The number of carbonyl (C=O) groups is 8. The first-order chi connectivity index (χ1) is 29.2. The summed E-state index contributed by atoms with van der Waals surface area (Å²) in [5.74, 6) is -7.48. The average Bonchev–Trinajstić information content (AvgIpc) is 3.20. The summed E-state index contributed by atoms with van der Waals surface area (Å²) in [6.07, 6.45) is 0. The molecule has 14 N–H and O–H groups in total. The number of aliphatic hydroxyl groups is 6. The monoisotopic (exact) mass is 942 g/mol. The van der Waals surface area contributed by atoms with E-state index in [1.165, 1.54) is 55.4 Å². The van der Waals surface area contributed by atoms with E-state index in [9.17, 15) is 38.4 Å². The van der Waals surface area contributed by atoms with Gasteiger partial charge >= 0.3 is 47.8 Å². The molecule has 0 aromatic rings. The molecule has 0 saturated heterocycles. The smallest absolute Gasteiger partial charge is 0.330 e. The van der Waals surface area contributed by atoms with Gasteiger partial charge in [-0.15, -0.1) is 0 Å². The van der Waals surface area contributed by atoms with Gasteiger partial charge in [-0.05, 0) is 55.4 Å². The normalized spacial score (nSPS) is 8.95. The summed E-state index contributed by atoms with van der Waals surface area (Å²) in [5.41, 5.74) is -0.914. The molecule has 0 aliphatic heterocycles. The molecule has 65 heavy (non-hydrogen) atoms. The molecule has 0 rings (SSSR count). The number of carboxylic acids is 8. The Balaban J connectivity index is -0.0000000809. The summed E-state index contributed by atoms with van der Waals surface area (Å²) in [4.78, 5) is 76.8. The van der Waals surface area contributed by atoms with Gasteiger partial charge in [-0.1, -0.05) is 52.6 Å². The first-order valence-electron chi connectivity index (χ1n) is 17.6. The summed E-state index contributed by atoms with van der Waals surface area (Å²) in [7, 11) is 0. The van der Waals surface area contributed by atoms with Crippen LogP contribution in [0.15, 0.2) is 97.2 Å². The third-order valence-corrected chi connectivity index (χ3v) is 5.75. The number of ether oxygens (including phenoxy) is 1. The molecule has 0 heterocycles. The molecule has 0 aliphatic carbocycles. The molecule has 0 atom stereocenters. The van der Waals surface area contributed by atoms with Crippen molar-refractivity contribution in [1.29, 1.82) is 0 Å². The molecule has 0 aromatic carbocycles. The van der Waals surface area contributed by atoms with Crippen LogP contribution in [0.5, 0.6) is 0 Å². The van der Waals surface area contributed by atoms with Crippen molar-refractivity contribution in [3.8, 4) is 0 Å². The lowest BCUT2D eigenvalue weighted by Crippen LogP contribution is -2.43. The van der Waals surface area contributed by atoms with Crippen molar-refractivity contribution in [2.24, 2.45) is 10.8 Å². The molecule has 23 nitrogen and oxygen atoms in total. The molecule has 0 aliphatic rings. The van der Waals surface area contributed by atoms with E-state index in [0.29, 0.717) is 0 Å². The lowest BCUT2D eigenvalue weighted by Gasteiger charge is -2.31. The molecule has 0 bridgehead atoms. The van der Waals surface area contributed by atoms with Gasteiger partial charge in [0.15, 0.2) is 0 Å². The molecule has 376 valence electrons. The summed E-state index contributed by atoms with van der Waals surface area (Å²) < 4.78 is 5.15. The highest BCUT2D eigenvalue weighted by molar-refractivity contribution is 5.87. The van der Waals surface area contributed by atoms with Crippen LogP contribution < -0.4 is 0 Å². The standard InChI is InChI=1S/C10H22O7.8C4H6O2/c11-1-9(2-12,3-13)7-17-8-10(4-14,5-15)6-16;8*1-3(2)4(5)6/h11-16H,1-8H2;8*1H2,2H3,(H,5,6). The SMILES string of the molecule is C=C(C)C(=O)O.C=C(C)C(=O)O.C=C(C)C(=O)O.C=C(C)C(=O)O.C=C(C)C(=O)O.C=C(C)C(=O)O.C=C(C)C(=O)O.C=C(C)C(=O)O.OCC(CO)(CO)COCC(CO)(CO)CO. The lowest BCUT2D eigenvalue weighted by atomic mass is 9.91. The molecule has 0 unspecified atom stereocenters. The molecule has 0 saturated carbocycles. The fourth-order valence-corrected chi connectivity index (χ4v) is 1.06. The van der Waals surface area contributed by atoms with Crippen molar-refractivity contribution in [2.45, 2.75) is 55.4 Å². The van der Waals surface area contributed by atoms with Crippen LogP contribution in [-0.2, 0) is 43.1 Å². The van der Waals surface area contributed by atoms with Crippen molar-refractivity contribution >= 4 is 47.8 Å². The van der Waals surface area contributed by atoms with Crippen molar-refractivity contribution in [2.75, 3.05) is 52.9 Å². The molecular weight excluding hydrogens is 872 g/mol. The second-order valence-corrected chi connectivity index (χ2v) is 13.1. The second kappa shape index (κ2) is 46.9. The van der Waals surface area contributed by atoms with Gasteiger partial charge < -0.3 is 76.2 Å². The zero-order valence-electron chi connectivity index (χ0n) is 38.2. The maximum Gasteiger partial charge on any atom is 0.330 e. The zero-order valence-corrected chi connectivity index (χ0v) is 38.2. The number of aliphatic hydroxyl groups excluding tert-OH is 6.